The van der Waals surface area contributed by atoms with Gasteiger partial charge in [-0.05, 0) is 35.4 Å². The van der Waals surface area contributed by atoms with Crippen molar-refractivity contribution in [2.75, 3.05) is 0 Å². The van der Waals surface area contributed by atoms with Gasteiger partial charge in [0.05, 0.1) is 5.92 Å². The fourth-order valence-electron chi connectivity index (χ4n) is 4.05. The number of hydrogen-bond donors (Lipinski definition) is 2. The summed E-state index contributed by atoms with van der Waals surface area (Å²) >= 11 is 0. The quantitative estimate of drug-likeness (QED) is 0.518. The number of nitrogens with zero attached hydrogens (tertiary/aromatic N) is 1. The molecule has 29 heavy (non-hydrogen) atoms. The molecule has 0 radical (unpaired) electrons. The number of hydrogen-bond acceptors (Lipinski definition) is 4. The van der Waals surface area contributed by atoms with Crippen molar-refractivity contribution in [1.29, 1.82) is 5.26 Å². The molecule has 0 aliphatic carbocycles. The Morgan fingerprint density at radius 3 is 2.66 bits per heavy atom. The Morgan fingerprint density at radius 2 is 1.83 bits per heavy atom. The second-order valence-electron chi connectivity index (χ2n) is 7.27. The van der Waals surface area contributed by atoms with Crippen molar-refractivity contribution in [1.82, 2.24) is 4.98 Å². The van der Waals surface area contributed by atoms with E-state index in [1.807, 2.05) is 67.6 Å². The minimum absolute atomic E-state index is 0.0322. The normalized spacial score (nSPS) is 15.8. The molecule has 1 aliphatic rings. The van der Waals surface area contributed by atoms with Crippen LogP contribution < -0.4 is 16.0 Å². The summed E-state index contributed by atoms with van der Waals surface area (Å²) in [4.78, 5) is 16.0. The fraction of sp³-hybridized carbons (Fsp3) is 0.0833. The number of aromatic amines is 1. The molecule has 5 heteroatoms. The SMILES string of the molecule is Cc1ccc2cc(C3C(C#N)=C(N)Oc4c3ccc3ccccc43)c(=O)[nH]c2c1. The van der Waals surface area contributed by atoms with Crippen LogP contribution in [0.15, 0.2) is 76.9 Å². The van der Waals surface area contributed by atoms with Crippen LogP contribution in [0.5, 0.6) is 5.75 Å². The molecule has 0 amide bonds. The number of nitriles is 1. The average molecular weight is 379 g/mol. The third-order valence-electron chi connectivity index (χ3n) is 5.45. The van der Waals surface area contributed by atoms with Gasteiger partial charge in [0.1, 0.15) is 17.4 Å². The molecule has 0 saturated heterocycles. The molecular formula is C24H17N3O2. The van der Waals surface area contributed by atoms with Crippen LogP contribution in [0.2, 0.25) is 0 Å². The number of benzene rings is 3. The van der Waals surface area contributed by atoms with Crippen LogP contribution in [0.3, 0.4) is 0 Å². The first-order valence-electron chi connectivity index (χ1n) is 9.29. The van der Waals surface area contributed by atoms with Crippen molar-refractivity contribution < 1.29 is 4.74 Å². The number of aromatic nitrogens is 1. The smallest absolute Gasteiger partial charge is 0.252 e. The molecular weight excluding hydrogens is 362 g/mol. The van der Waals surface area contributed by atoms with Gasteiger partial charge in [-0.15, -0.1) is 0 Å². The Labute approximate surface area is 166 Å². The maximum absolute atomic E-state index is 13.0. The Hall–Kier alpha value is -4.04. The molecule has 1 unspecified atom stereocenters. The molecule has 5 rings (SSSR count). The second-order valence-corrected chi connectivity index (χ2v) is 7.27. The van der Waals surface area contributed by atoms with Crippen LogP contribution in [-0.2, 0) is 0 Å². The number of ether oxygens (including phenoxy) is 1. The van der Waals surface area contributed by atoms with Gasteiger partial charge in [-0.1, -0.05) is 48.5 Å². The molecule has 1 aliphatic heterocycles. The van der Waals surface area contributed by atoms with E-state index >= 15 is 0 Å². The molecule has 1 aromatic heterocycles. The van der Waals surface area contributed by atoms with E-state index in [-0.39, 0.29) is 17.0 Å². The Morgan fingerprint density at radius 1 is 1.03 bits per heavy atom. The van der Waals surface area contributed by atoms with Crippen LogP contribution in [0.25, 0.3) is 21.7 Å². The Balaban J connectivity index is 1.83. The molecule has 0 spiro atoms. The van der Waals surface area contributed by atoms with Gasteiger partial charge in [0.15, 0.2) is 0 Å². The summed E-state index contributed by atoms with van der Waals surface area (Å²) in [6.07, 6.45) is 0. The standard InChI is InChI=1S/C24H17N3O2/c1-13-6-7-15-11-18(24(28)27-20(15)10-13)21-17-9-8-14-4-2-3-5-16(14)22(17)29-23(26)19(21)12-25/h2-11,21H,26H2,1H3,(H,27,28). The number of pyridine rings is 1. The predicted octanol–water partition coefficient (Wildman–Crippen LogP) is 4.21. The number of allylic oxidation sites excluding steroid dienone is 1. The van der Waals surface area contributed by atoms with E-state index in [1.54, 1.807) is 0 Å². The fourth-order valence-corrected chi connectivity index (χ4v) is 4.05. The van der Waals surface area contributed by atoms with Gasteiger partial charge in [0, 0.05) is 22.0 Å². The molecule has 1 atom stereocenters. The molecule has 0 fully saturated rings. The highest BCUT2D eigenvalue weighted by Gasteiger charge is 2.33. The number of fused-ring (bicyclic) bond motifs is 4. The molecule has 4 aromatic rings. The van der Waals surface area contributed by atoms with Crippen molar-refractivity contribution >= 4 is 21.7 Å². The van der Waals surface area contributed by atoms with Gasteiger partial charge < -0.3 is 15.5 Å². The zero-order valence-electron chi connectivity index (χ0n) is 15.7. The first-order valence-corrected chi connectivity index (χ1v) is 9.29. The van der Waals surface area contributed by atoms with Crippen LogP contribution in [0, 0.1) is 18.3 Å². The van der Waals surface area contributed by atoms with Crippen molar-refractivity contribution in [3.8, 4) is 11.8 Å². The van der Waals surface area contributed by atoms with Crippen LogP contribution in [-0.4, -0.2) is 4.98 Å². The largest absolute Gasteiger partial charge is 0.440 e. The zero-order chi connectivity index (χ0) is 20.1. The average Bonchev–Trinajstić information content (AvgIpc) is 2.72. The minimum Gasteiger partial charge on any atom is -0.440 e. The van der Waals surface area contributed by atoms with Crippen LogP contribution >= 0.6 is 0 Å². The van der Waals surface area contributed by atoms with Gasteiger partial charge >= 0.3 is 0 Å². The maximum atomic E-state index is 13.0. The van der Waals surface area contributed by atoms with Gasteiger partial charge in [-0.25, -0.2) is 0 Å². The molecule has 140 valence electrons. The number of aryl methyl sites for hydroxylation is 1. The highest BCUT2D eigenvalue weighted by molar-refractivity contribution is 5.91. The molecule has 3 N–H and O–H groups in total. The lowest BCUT2D eigenvalue weighted by molar-refractivity contribution is 0.398. The lowest BCUT2D eigenvalue weighted by Gasteiger charge is -2.27. The molecule has 0 saturated carbocycles. The lowest BCUT2D eigenvalue weighted by atomic mass is 9.82. The predicted molar refractivity (Wildman–Crippen MR) is 113 cm³/mol. The van der Waals surface area contributed by atoms with Crippen molar-refractivity contribution in [2.45, 2.75) is 12.8 Å². The highest BCUT2D eigenvalue weighted by Crippen LogP contribution is 2.44. The van der Waals surface area contributed by atoms with E-state index in [4.69, 9.17) is 10.5 Å². The van der Waals surface area contributed by atoms with E-state index in [2.05, 4.69) is 11.1 Å². The third-order valence-corrected chi connectivity index (χ3v) is 5.45. The van der Waals surface area contributed by atoms with E-state index in [0.29, 0.717) is 11.3 Å². The number of rotatable bonds is 1. The summed E-state index contributed by atoms with van der Waals surface area (Å²) < 4.78 is 5.87. The van der Waals surface area contributed by atoms with Crippen LogP contribution in [0.4, 0.5) is 0 Å². The van der Waals surface area contributed by atoms with Gasteiger partial charge in [-0.3, -0.25) is 4.79 Å². The first-order chi connectivity index (χ1) is 14.1. The summed E-state index contributed by atoms with van der Waals surface area (Å²) in [5, 5.41) is 12.6. The Kier molecular flexibility index (Phi) is 3.68. The molecule has 2 heterocycles. The molecule has 3 aromatic carbocycles. The van der Waals surface area contributed by atoms with Crippen molar-refractivity contribution in [2.24, 2.45) is 5.73 Å². The molecule has 0 bridgehead atoms. The van der Waals surface area contributed by atoms with E-state index in [1.165, 1.54) is 0 Å². The topological polar surface area (TPSA) is 91.9 Å². The minimum atomic E-state index is -0.595. The van der Waals surface area contributed by atoms with Crippen molar-refractivity contribution in [3.63, 3.8) is 0 Å². The number of H-pyrrole nitrogens is 1. The highest BCUT2D eigenvalue weighted by atomic mass is 16.5. The van der Waals surface area contributed by atoms with Crippen LogP contribution in [0.1, 0.15) is 22.6 Å². The van der Waals surface area contributed by atoms with E-state index in [0.717, 1.165) is 32.8 Å². The van der Waals surface area contributed by atoms with Gasteiger partial charge in [-0.2, -0.15) is 5.26 Å². The summed E-state index contributed by atoms with van der Waals surface area (Å²) in [6.45, 7) is 1.97. The second kappa shape index (κ2) is 6.25. The van der Waals surface area contributed by atoms with E-state index < -0.39 is 5.92 Å². The summed E-state index contributed by atoms with van der Waals surface area (Å²) in [6, 6.07) is 21.6. The van der Waals surface area contributed by atoms with Gasteiger partial charge in [0.25, 0.3) is 5.56 Å². The maximum Gasteiger partial charge on any atom is 0.252 e. The number of nitrogens with one attached hydrogen (secondary N) is 1. The van der Waals surface area contributed by atoms with Gasteiger partial charge in [0.2, 0.25) is 5.88 Å². The third kappa shape index (κ3) is 2.58. The molecule has 5 nitrogen and oxygen atoms in total. The van der Waals surface area contributed by atoms with E-state index in [9.17, 15) is 10.1 Å². The summed E-state index contributed by atoms with van der Waals surface area (Å²) in [7, 11) is 0. The summed E-state index contributed by atoms with van der Waals surface area (Å²) in [5.41, 5.74) is 9.18. The zero-order valence-corrected chi connectivity index (χ0v) is 15.7. The number of nitrogens with two attached hydrogens (primary N) is 1. The Bertz CT molecular complexity index is 1440. The monoisotopic (exact) mass is 379 g/mol. The lowest BCUT2D eigenvalue weighted by Crippen LogP contribution is -2.25. The first kappa shape index (κ1) is 17.1. The summed E-state index contributed by atoms with van der Waals surface area (Å²) in [5.74, 6) is 0.0283. The van der Waals surface area contributed by atoms with Crippen molar-refractivity contribution in [3.05, 3.63) is 99.2 Å².